The maximum Gasteiger partial charge on any atom is 0.337 e. The number of benzene rings is 2. The number of nitro benzene ring substituents is 1. The van der Waals surface area contributed by atoms with Gasteiger partial charge in [-0.15, -0.1) is 0 Å². The lowest BCUT2D eigenvalue weighted by Crippen LogP contribution is -2.35. The first-order chi connectivity index (χ1) is 14.0. The SMILES string of the molecule is COC(=O)c1ccc(CN2CCCN(C(=O)c3cccc([N+](=O)[O-])c3)CC2)cc1. The first-order valence-electron chi connectivity index (χ1n) is 9.41. The highest BCUT2D eigenvalue weighted by Crippen LogP contribution is 2.17. The van der Waals surface area contributed by atoms with Crippen molar-refractivity contribution in [1.82, 2.24) is 9.80 Å². The fourth-order valence-corrected chi connectivity index (χ4v) is 3.39. The zero-order chi connectivity index (χ0) is 20.8. The number of carbonyl (C=O) groups excluding carboxylic acids is 2. The first kappa shape index (κ1) is 20.5. The molecule has 3 rings (SSSR count). The Morgan fingerprint density at radius 2 is 1.79 bits per heavy atom. The normalized spacial score (nSPS) is 14.9. The molecule has 0 atom stereocenters. The Morgan fingerprint density at radius 1 is 1.03 bits per heavy atom. The van der Waals surface area contributed by atoms with Crippen LogP contribution in [0.2, 0.25) is 0 Å². The van der Waals surface area contributed by atoms with Gasteiger partial charge in [-0.05, 0) is 30.2 Å². The third-order valence-electron chi connectivity index (χ3n) is 4.96. The van der Waals surface area contributed by atoms with Crippen molar-refractivity contribution in [3.63, 3.8) is 0 Å². The van der Waals surface area contributed by atoms with E-state index in [1.54, 1.807) is 23.1 Å². The van der Waals surface area contributed by atoms with Crippen LogP contribution in [0.1, 0.15) is 32.7 Å². The minimum absolute atomic E-state index is 0.0808. The van der Waals surface area contributed by atoms with Crippen LogP contribution in [0.15, 0.2) is 48.5 Å². The molecule has 8 nitrogen and oxygen atoms in total. The average Bonchev–Trinajstić information content (AvgIpc) is 2.99. The van der Waals surface area contributed by atoms with Crippen molar-refractivity contribution in [3.05, 3.63) is 75.3 Å². The van der Waals surface area contributed by atoms with E-state index in [0.29, 0.717) is 30.8 Å². The summed E-state index contributed by atoms with van der Waals surface area (Å²) in [6.45, 7) is 3.44. The molecule has 1 amide bonds. The van der Waals surface area contributed by atoms with Crippen molar-refractivity contribution in [2.24, 2.45) is 0 Å². The summed E-state index contributed by atoms with van der Waals surface area (Å²) in [5.74, 6) is -0.542. The molecule has 29 heavy (non-hydrogen) atoms. The van der Waals surface area contributed by atoms with E-state index in [1.165, 1.54) is 25.3 Å². The second kappa shape index (κ2) is 9.29. The van der Waals surface area contributed by atoms with E-state index in [-0.39, 0.29) is 17.6 Å². The van der Waals surface area contributed by atoms with E-state index in [4.69, 9.17) is 4.74 Å². The summed E-state index contributed by atoms with van der Waals surface area (Å²) in [7, 11) is 1.36. The number of ether oxygens (including phenoxy) is 1. The summed E-state index contributed by atoms with van der Waals surface area (Å²) < 4.78 is 4.71. The topological polar surface area (TPSA) is 93.0 Å². The molecule has 0 spiro atoms. The maximum atomic E-state index is 12.8. The highest BCUT2D eigenvalue weighted by molar-refractivity contribution is 5.94. The van der Waals surface area contributed by atoms with Crippen LogP contribution in [0, 0.1) is 10.1 Å². The molecule has 0 N–H and O–H groups in total. The van der Waals surface area contributed by atoms with Gasteiger partial charge in [0.05, 0.1) is 17.6 Å². The predicted octanol–water partition coefficient (Wildman–Crippen LogP) is 2.73. The van der Waals surface area contributed by atoms with Gasteiger partial charge in [0, 0.05) is 50.4 Å². The number of nitro groups is 1. The Balaban J connectivity index is 1.60. The smallest absolute Gasteiger partial charge is 0.337 e. The Hall–Kier alpha value is -3.26. The number of non-ortho nitro benzene ring substituents is 1. The number of hydrogen-bond acceptors (Lipinski definition) is 6. The van der Waals surface area contributed by atoms with E-state index in [2.05, 4.69) is 4.90 Å². The van der Waals surface area contributed by atoms with Crippen molar-refractivity contribution in [3.8, 4) is 0 Å². The van der Waals surface area contributed by atoms with Crippen molar-refractivity contribution in [2.75, 3.05) is 33.3 Å². The summed E-state index contributed by atoms with van der Waals surface area (Å²) in [6, 6.07) is 13.2. The second-order valence-corrected chi connectivity index (χ2v) is 6.92. The molecule has 2 aromatic carbocycles. The molecule has 1 fully saturated rings. The summed E-state index contributed by atoms with van der Waals surface area (Å²) in [5, 5.41) is 10.9. The zero-order valence-electron chi connectivity index (χ0n) is 16.2. The average molecular weight is 397 g/mol. The molecule has 0 radical (unpaired) electrons. The third kappa shape index (κ3) is 5.17. The van der Waals surface area contributed by atoms with Gasteiger partial charge in [-0.1, -0.05) is 18.2 Å². The largest absolute Gasteiger partial charge is 0.465 e. The van der Waals surface area contributed by atoms with Gasteiger partial charge in [0.1, 0.15) is 0 Å². The summed E-state index contributed by atoms with van der Waals surface area (Å²) in [5.41, 5.74) is 1.85. The van der Waals surface area contributed by atoms with Gasteiger partial charge in [0.2, 0.25) is 0 Å². The van der Waals surface area contributed by atoms with Gasteiger partial charge < -0.3 is 9.64 Å². The van der Waals surface area contributed by atoms with Gasteiger partial charge >= 0.3 is 5.97 Å². The number of amides is 1. The summed E-state index contributed by atoms with van der Waals surface area (Å²) >= 11 is 0. The van der Waals surface area contributed by atoms with Crippen molar-refractivity contribution in [2.45, 2.75) is 13.0 Å². The highest BCUT2D eigenvalue weighted by atomic mass is 16.6. The molecule has 0 aliphatic carbocycles. The molecule has 0 unspecified atom stereocenters. The zero-order valence-corrected chi connectivity index (χ0v) is 16.2. The molecule has 1 heterocycles. The van der Waals surface area contributed by atoms with Crippen LogP contribution in [0.4, 0.5) is 5.69 Å². The Kier molecular flexibility index (Phi) is 6.56. The molecular formula is C21H23N3O5. The lowest BCUT2D eigenvalue weighted by Gasteiger charge is -2.22. The number of hydrogen-bond donors (Lipinski definition) is 0. The molecule has 0 aromatic heterocycles. The fourth-order valence-electron chi connectivity index (χ4n) is 3.39. The van der Waals surface area contributed by atoms with Gasteiger partial charge in [-0.2, -0.15) is 0 Å². The van der Waals surface area contributed by atoms with E-state index in [9.17, 15) is 19.7 Å². The molecule has 0 bridgehead atoms. The maximum absolute atomic E-state index is 12.8. The minimum atomic E-state index is -0.494. The number of esters is 1. The minimum Gasteiger partial charge on any atom is -0.465 e. The van der Waals surface area contributed by atoms with Crippen LogP contribution in [0.5, 0.6) is 0 Å². The van der Waals surface area contributed by atoms with Crippen molar-refractivity contribution in [1.29, 1.82) is 0 Å². The van der Waals surface area contributed by atoms with E-state index in [1.807, 2.05) is 12.1 Å². The number of nitrogens with zero attached hydrogens (tertiary/aromatic N) is 3. The summed E-state index contributed by atoms with van der Waals surface area (Å²) in [4.78, 5) is 38.8. The monoisotopic (exact) mass is 397 g/mol. The molecule has 8 heteroatoms. The van der Waals surface area contributed by atoms with Gasteiger partial charge in [-0.25, -0.2) is 4.79 Å². The molecule has 2 aromatic rings. The number of carbonyl (C=O) groups is 2. The second-order valence-electron chi connectivity index (χ2n) is 6.92. The first-order valence-corrected chi connectivity index (χ1v) is 9.41. The molecular weight excluding hydrogens is 374 g/mol. The highest BCUT2D eigenvalue weighted by Gasteiger charge is 2.21. The molecule has 1 aliphatic rings. The van der Waals surface area contributed by atoms with Crippen LogP contribution < -0.4 is 0 Å². The van der Waals surface area contributed by atoms with Crippen LogP contribution in [-0.4, -0.2) is 59.9 Å². The van der Waals surface area contributed by atoms with Crippen LogP contribution in [0.3, 0.4) is 0 Å². The van der Waals surface area contributed by atoms with Crippen molar-refractivity contribution < 1.29 is 19.2 Å². The van der Waals surface area contributed by atoms with Crippen molar-refractivity contribution >= 4 is 17.6 Å². The molecule has 1 aliphatic heterocycles. The Labute approximate surface area is 168 Å². The fraction of sp³-hybridized carbons (Fsp3) is 0.333. The predicted molar refractivity (Wildman–Crippen MR) is 107 cm³/mol. The van der Waals surface area contributed by atoms with Crippen LogP contribution >= 0.6 is 0 Å². The lowest BCUT2D eigenvalue weighted by atomic mass is 10.1. The number of rotatable bonds is 5. The van der Waals surface area contributed by atoms with Gasteiger partial charge in [-0.3, -0.25) is 19.8 Å². The standard InChI is InChI=1S/C21H23N3O5/c1-29-21(26)17-8-6-16(7-9-17)15-22-10-3-11-23(13-12-22)20(25)18-4-2-5-19(14-18)24(27)28/h2,4-9,14H,3,10-13,15H2,1H3. The van der Waals surface area contributed by atoms with Crippen LogP contribution in [0.25, 0.3) is 0 Å². The Morgan fingerprint density at radius 3 is 2.48 bits per heavy atom. The van der Waals surface area contributed by atoms with Gasteiger partial charge in [0.15, 0.2) is 0 Å². The van der Waals surface area contributed by atoms with Crippen LogP contribution in [-0.2, 0) is 11.3 Å². The van der Waals surface area contributed by atoms with E-state index < -0.39 is 4.92 Å². The van der Waals surface area contributed by atoms with Gasteiger partial charge in [0.25, 0.3) is 11.6 Å². The molecule has 0 saturated carbocycles. The number of methoxy groups -OCH3 is 1. The van der Waals surface area contributed by atoms with E-state index in [0.717, 1.165) is 25.1 Å². The summed E-state index contributed by atoms with van der Waals surface area (Å²) in [6.07, 6.45) is 0.820. The third-order valence-corrected chi connectivity index (χ3v) is 4.96. The quantitative estimate of drug-likeness (QED) is 0.438. The molecule has 152 valence electrons. The van der Waals surface area contributed by atoms with E-state index >= 15 is 0 Å². The molecule has 1 saturated heterocycles. The lowest BCUT2D eigenvalue weighted by molar-refractivity contribution is -0.384. The Bertz CT molecular complexity index is 897.